The Balaban J connectivity index is 2.01. The largest absolute Gasteiger partial charge is 0.494 e. The second-order valence-electron chi connectivity index (χ2n) is 6.33. The number of carbonyl (C=O) groups excluding carboxylic acids is 2. The van der Waals surface area contributed by atoms with Gasteiger partial charge in [0, 0.05) is 17.8 Å². The van der Waals surface area contributed by atoms with E-state index in [0.717, 1.165) is 22.6 Å². The van der Waals surface area contributed by atoms with Crippen molar-refractivity contribution >= 4 is 34.7 Å². The van der Waals surface area contributed by atoms with Gasteiger partial charge in [0.05, 0.1) is 12.2 Å². The molecule has 0 saturated heterocycles. The molecule has 6 heteroatoms. The molecule has 3 rings (SSSR count). The van der Waals surface area contributed by atoms with E-state index in [1.54, 1.807) is 36.4 Å². The van der Waals surface area contributed by atoms with Crippen molar-refractivity contribution in [2.45, 2.75) is 20.3 Å². The molecule has 0 aliphatic carbocycles. The summed E-state index contributed by atoms with van der Waals surface area (Å²) >= 11 is 6.17. The molecule has 0 saturated carbocycles. The molecular weight excluding hydrogens is 364 g/mol. The van der Waals surface area contributed by atoms with E-state index in [9.17, 15) is 9.59 Å². The van der Waals surface area contributed by atoms with Crippen molar-refractivity contribution in [3.63, 3.8) is 0 Å². The van der Waals surface area contributed by atoms with Gasteiger partial charge in [0.2, 0.25) is 0 Å². The quantitative estimate of drug-likeness (QED) is 0.756. The first-order valence-electron chi connectivity index (χ1n) is 8.76. The fourth-order valence-corrected chi connectivity index (χ4v) is 3.02. The Morgan fingerprint density at radius 1 is 1.07 bits per heavy atom. The number of halogens is 1. The molecule has 0 spiro atoms. The van der Waals surface area contributed by atoms with Gasteiger partial charge >= 0.3 is 0 Å². The van der Waals surface area contributed by atoms with Crippen molar-refractivity contribution in [3.8, 4) is 5.75 Å². The number of nitrogens with one attached hydrogen (secondary N) is 1. The number of amides is 2. The Morgan fingerprint density at radius 3 is 2.44 bits per heavy atom. The van der Waals surface area contributed by atoms with Crippen LogP contribution in [0.1, 0.15) is 24.5 Å². The van der Waals surface area contributed by atoms with E-state index in [4.69, 9.17) is 16.3 Å². The number of ether oxygens (including phenoxy) is 1. The highest BCUT2D eigenvalue weighted by Gasteiger charge is 2.37. The smallest absolute Gasteiger partial charge is 0.277 e. The molecule has 1 heterocycles. The summed E-state index contributed by atoms with van der Waals surface area (Å²) in [6.07, 6.45) is 0.914. The number of rotatable bonds is 6. The minimum absolute atomic E-state index is 0.245. The van der Waals surface area contributed by atoms with Crippen LogP contribution < -0.4 is 10.1 Å². The molecule has 2 aromatic rings. The summed E-state index contributed by atoms with van der Waals surface area (Å²) in [6, 6.07) is 12.6. The predicted molar refractivity (Wildman–Crippen MR) is 107 cm³/mol. The molecule has 27 heavy (non-hydrogen) atoms. The minimum Gasteiger partial charge on any atom is -0.494 e. The van der Waals surface area contributed by atoms with Gasteiger partial charge in [-0.3, -0.25) is 14.5 Å². The fraction of sp³-hybridized carbons (Fsp3) is 0.238. The molecule has 0 unspecified atom stereocenters. The molecule has 0 atom stereocenters. The van der Waals surface area contributed by atoms with E-state index in [0.29, 0.717) is 28.5 Å². The van der Waals surface area contributed by atoms with Gasteiger partial charge in [-0.05, 0) is 48.7 Å². The van der Waals surface area contributed by atoms with Gasteiger partial charge in [0.25, 0.3) is 11.8 Å². The van der Waals surface area contributed by atoms with Crippen LogP contribution in [-0.2, 0) is 9.59 Å². The first-order valence-corrected chi connectivity index (χ1v) is 9.13. The molecule has 140 valence electrons. The van der Waals surface area contributed by atoms with Gasteiger partial charge in [0.1, 0.15) is 11.4 Å². The molecule has 2 aromatic carbocycles. The van der Waals surface area contributed by atoms with Gasteiger partial charge in [-0.25, -0.2) is 0 Å². The summed E-state index contributed by atoms with van der Waals surface area (Å²) in [7, 11) is 1.48. The molecule has 1 N–H and O–H groups in total. The molecule has 1 aliphatic rings. The van der Waals surface area contributed by atoms with Gasteiger partial charge in [-0.2, -0.15) is 0 Å². The monoisotopic (exact) mass is 384 g/mol. The second-order valence-corrected chi connectivity index (χ2v) is 6.74. The van der Waals surface area contributed by atoms with Crippen LogP contribution in [0.15, 0.2) is 48.2 Å². The van der Waals surface area contributed by atoms with Crippen molar-refractivity contribution < 1.29 is 14.3 Å². The highest BCUT2D eigenvalue weighted by molar-refractivity contribution is 6.36. The Kier molecular flexibility index (Phi) is 5.51. The van der Waals surface area contributed by atoms with Crippen LogP contribution in [0.5, 0.6) is 5.75 Å². The molecular formula is C21H21ClN2O3. The van der Waals surface area contributed by atoms with E-state index in [2.05, 4.69) is 5.32 Å². The van der Waals surface area contributed by atoms with Gasteiger partial charge in [0.15, 0.2) is 0 Å². The molecule has 2 amide bonds. The molecule has 0 fully saturated rings. The Hall–Kier alpha value is -2.79. The first kappa shape index (κ1) is 19.0. The lowest BCUT2D eigenvalue weighted by molar-refractivity contribution is -0.135. The SMILES string of the molecule is CCCOc1ccc(C2=C(Nc3cccc(Cl)c3C)C(=O)N(C)C2=O)cc1. The van der Waals surface area contributed by atoms with E-state index in [1.165, 1.54) is 7.05 Å². The number of nitrogens with zero attached hydrogens (tertiary/aromatic N) is 1. The summed E-state index contributed by atoms with van der Waals surface area (Å²) in [6.45, 7) is 4.52. The number of carbonyl (C=O) groups is 2. The highest BCUT2D eigenvalue weighted by atomic mass is 35.5. The molecule has 5 nitrogen and oxygen atoms in total. The summed E-state index contributed by atoms with van der Waals surface area (Å²) in [5.74, 6) is 0.0108. The lowest BCUT2D eigenvalue weighted by Gasteiger charge is -2.12. The van der Waals surface area contributed by atoms with E-state index < -0.39 is 0 Å². The molecule has 0 bridgehead atoms. The van der Waals surface area contributed by atoms with Crippen molar-refractivity contribution in [1.29, 1.82) is 0 Å². The average molecular weight is 385 g/mol. The average Bonchev–Trinajstić information content (AvgIpc) is 2.88. The van der Waals surface area contributed by atoms with Crippen LogP contribution in [0.25, 0.3) is 5.57 Å². The first-order chi connectivity index (χ1) is 12.9. The van der Waals surface area contributed by atoms with Gasteiger partial charge in [-0.1, -0.05) is 36.7 Å². The van der Waals surface area contributed by atoms with Crippen LogP contribution in [-0.4, -0.2) is 30.4 Å². The zero-order chi connectivity index (χ0) is 19.6. The van der Waals surface area contributed by atoms with Crippen LogP contribution in [0.2, 0.25) is 5.02 Å². The van der Waals surface area contributed by atoms with Crippen molar-refractivity contribution in [3.05, 3.63) is 64.3 Å². The van der Waals surface area contributed by atoms with Crippen molar-refractivity contribution in [2.75, 3.05) is 19.0 Å². The number of anilines is 1. The predicted octanol–water partition coefficient (Wildman–Crippen LogP) is 4.26. The zero-order valence-corrected chi connectivity index (χ0v) is 16.3. The fourth-order valence-electron chi connectivity index (χ4n) is 2.84. The number of hydrogen-bond acceptors (Lipinski definition) is 4. The number of imide groups is 1. The molecule has 1 aliphatic heterocycles. The lowest BCUT2D eigenvalue weighted by Crippen LogP contribution is -2.28. The topological polar surface area (TPSA) is 58.6 Å². The standard InChI is InChI=1S/C21H21ClN2O3/c1-4-12-27-15-10-8-14(9-11-15)18-19(21(26)24(3)20(18)25)23-17-7-5-6-16(22)13(17)2/h5-11,23H,4,12H2,1-3H3. The normalized spacial score (nSPS) is 14.1. The van der Waals surface area contributed by atoms with Crippen molar-refractivity contribution in [1.82, 2.24) is 4.90 Å². The van der Waals surface area contributed by atoms with E-state index in [1.807, 2.05) is 19.9 Å². The molecule has 0 aromatic heterocycles. The van der Waals surface area contributed by atoms with Crippen LogP contribution in [0.3, 0.4) is 0 Å². The number of benzene rings is 2. The number of hydrogen-bond donors (Lipinski definition) is 1. The Labute approximate surface area is 163 Å². The second kappa shape index (κ2) is 7.84. The maximum Gasteiger partial charge on any atom is 0.277 e. The highest BCUT2D eigenvalue weighted by Crippen LogP contribution is 2.32. The Morgan fingerprint density at radius 2 is 1.78 bits per heavy atom. The molecule has 0 radical (unpaired) electrons. The van der Waals surface area contributed by atoms with Crippen molar-refractivity contribution in [2.24, 2.45) is 0 Å². The summed E-state index contributed by atoms with van der Waals surface area (Å²) < 4.78 is 5.58. The summed E-state index contributed by atoms with van der Waals surface area (Å²) in [4.78, 5) is 26.4. The summed E-state index contributed by atoms with van der Waals surface area (Å²) in [5, 5.41) is 3.70. The third-order valence-electron chi connectivity index (χ3n) is 4.43. The van der Waals surface area contributed by atoms with Crippen LogP contribution in [0.4, 0.5) is 5.69 Å². The van der Waals surface area contributed by atoms with Gasteiger partial charge < -0.3 is 10.1 Å². The number of likely N-dealkylation sites (N-methyl/N-ethyl adjacent to an activating group) is 1. The minimum atomic E-state index is -0.374. The maximum atomic E-state index is 12.7. The van der Waals surface area contributed by atoms with Crippen LogP contribution in [0, 0.1) is 6.92 Å². The van der Waals surface area contributed by atoms with E-state index >= 15 is 0 Å². The third-order valence-corrected chi connectivity index (χ3v) is 4.84. The zero-order valence-electron chi connectivity index (χ0n) is 15.5. The van der Waals surface area contributed by atoms with E-state index in [-0.39, 0.29) is 17.5 Å². The Bertz CT molecular complexity index is 920. The van der Waals surface area contributed by atoms with Crippen LogP contribution >= 0.6 is 11.6 Å². The van der Waals surface area contributed by atoms with Gasteiger partial charge in [-0.15, -0.1) is 0 Å². The lowest BCUT2D eigenvalue weighted by atomic mass is 10.0. The summed E-state index contributed by atoms with van der Waals surface area (Å²) in [5.41, 5.74) is 2.74. The third kappa shape index (κ3) is 3.69. The maximum absolute atomic E-state index is 12.7.